The minimum absolute atomic E-state index is 0.321. The number of nitrogens with one attached hydrogen (secondary N) is 1. The fourth-order valence-electron chi connectivity index (χ4n) is 3.68. The Morgan fingerprint density at radius 1 is 1.26 bits per heavy atom. The maximum absolute atomic E-state index is 5.81. The normalized spacial score (nSPS) is 30.4. The Balaban J connectivity index is 1.93. The number of nitrogens with two attached hydrogens (primary N) is 1. The summed E-state index contributed by atoms with van der Waals surface area (Å²) in [7, 11) is 0. The van der Waals surface area contributed by atoms with E-state index in [1.54, 1.807) is 0 Å². The molecule has 1 unspecified atom stereocenters. The Hall–Kier alpha value is -0.540. The number of hydrazine groups is 1. The van der Waals surface area contributed by atoms with E-state index in [1.165, 1.54) is 31.3 Å². The highest BCUT2D eigenvalue weighted by molar-refractivity contribution is 5.12. The molecule has 0 radical (unpaired) electrons. The third kappa shape index (κ3) is 3.73. The third-order valence-corrected chi connectivity index (χ3v) is 5.01. The van der Waals surface area contributed by atoms with E-state index in [0.29, 0.717) is 17.4 Å². The molecule has 1 aliphatic carbocycles. The molecule has 0 aromatic heterocycles. The van der Waals surface area contributed by atoms with Gasteiger partial charge in [0.1, 0.15) is 0 Å². The van der Waals surface area contributed by atoms with Gasteiger partial charge in [-0.1, -0.05) is 20.8 Å². The van der Waals surface area contributed by atoms with Crippen molar-refractivity contribution in [1.82, 2.24) is 5.43 Å². The predicted octanol–water partition coefficient (Wildman–Crippen LogP) is 3.37. The van der Waals surface area contributed by atoms with Crippen molar-refractivity contribution in [2.45, 2.75) is 65.3 Å². The summed E-state index contributed by atoms with van der Waals surface area (Å²) < 4.78 is 5.47. The monoisotopic (exact) mass is 266 g/mol. The van der Waals surface area contributed by atoms with Gasteiger partial charge in [0.25, 0.3) is 0 Å². The third-order valence-electron chi connectivity index (χ3n) is 5.01. The lowest BCUT2D eigenvalue weighted by Gasteiger charge is -2.40. The molecule has 1 atom stereocenters. The van der Waals surface area contributed by atoms with Gasteiger partial charge in [0.05, 0.1) is 12.9 Å². The molecular formula is C16H30N2O. The van der Waals surface area contributed by atoms with Crippen molar-refractivity contribution in [2.24, 2.45) is 23.1 Å². The molecule has 0 aromatic rings. The van der Waals surface area contributed by atoms with Crippen LogP contribution in [-0.2, 0) is 4.74 Å². The summed E-state index contributed by atoms with van der Waals surface area (Å²) in [5.41, 5.74) is 4.86. The number of rotatable bonds is 3. The molecule has 19 heavy (non-hydrogen) atoms. The largest absolute Gasteiger partial charge is 0.501 e. The molecule has 0 saturated heterocycles. The highest BCUT2D eigenvalue weighted by Gasteiger charge is 2.34. The van der Waals surface area contributed by atoms with Gasteiger partial charge in [0.2, 0.25) is 0 Å². The van der Waals surface area contributed by atoms with E-state index < -0.39 is 0 Å². The van der Waals surface area contributed by atoms with Crippen LogP contribution in [0.15, 0.2) is 11.8 Å². The van der Waals surface area contributed by atoms with Crippen molar-refractivity contribution in [1.29, 1.82) is 0 Å². The van der Waals surface area contributed by atoms with E-state index in [0.717, 1.165) is 25.4 Å². The summed E-state index contributed by atoms with van der Waals surface area (Å²) in [5.74, 6) is 7.35. The Kier molecular flexibility index (Phi) is 4.91. The molecule has 1 fully saturated rings. The van der Waals surface area contributed by atoms with Crippen LogP contribution in [0.2, 0.25) is 0 Å². The first-order valence-corrected chi connectivity index (χ1v) is 7.79. The van der Waals surface area contributed by atoms with Crippen molar-refractivity contribution in [3.05, 3.63) is 11.8 Å². The van der Waals surface area contributed by atoms with Gasteiger partial charge in [-0.2, -0.15) is 0 Å². The van der Waals surface area contributed by atoms with Gasteiger partial charge in [-0.25, -0.2) is 0 Å². The van der Waals surface area contributed by atoms with Gasteiger partial charge in [0.15, 0.2) is 0 Å². The zero-order chi connectivity index (χ0) is 13.9. The van der Waals surface area contributed by atoms with E-state index in [4.69, 9.17) is 10.6 Å². The van der Waals surface area contributed by atoms with Crippen LogP contribution >= 0.6 is 0 Å². The molecule has 1 saturated carbocycles. The van der Waals surface area contributed by atoms with Crippen molar-refractivity contribution < 1.29 is 4.74 Å². The van der Waals surface area contributed by atoms with E-state index in [2.05, 4.69) is 26.2 Å². The summed E-state index contributed by atoms with van der Waals surface area (Å²) in [5, 5.41) is 0. The van der Waals surface area contributed by atoms with Gasteiger partial charge in [0, 0.05) is 6.04 Å². The van der Waals surface area contributed by atoms with Crippen molar-refractivity contribution >= 4 is 0 Å². The van der Waals surface area contributed by atoms with E-state index >= 15 is 0 Å². The maximum Gasteiger partial charge on any atom is 0.0876 e. The van der Waals surface area contributed by atoms with Gasteiger partial charge >= 0.3 is 0 Å². The minimum atomic E-state index is 0.321. The lowest BCUT2D eigenvalue weighted by Crippen LogP contribution is -2.44. The first-order valence-electron chi connectivity index (χ1n) is 7.79. The van der Waals surface area contributed by atoms with Crippen LogP contribution in [0, 0.1) is 17.3 Å². The second-order valence-corrected chi connectivity index (χ2v) is 7.29. The summed E-state index contributed by atoms with van der Waals surface area (Å²) in [6.07, 6.45) is 9.45. The Bertz CT molecular complexity index is 311. The van der Waals surface area contributed by atoms with Crippen LogP contribution < -0.4 is 11.3 Å². The predicted molar refractivity (Wildman–Crippen MR) is 79.3 cm³/mol. The molecule has 110 valence electrons. The van der Waals surface area contributed by atoms with Crippen LogP contribution in [0.3, 0.4) is 0 Å². The molecule has 2 rings (SSSR count). The average molecular weight is 266 g/mol. The maximum atomic E-state index is 5.81. The smallest absolute Gasteiger partial charge is 0.0876 e. The number of hydrogen-bond acceptors (Lipinski definition) is 3. The van der Waals surface area contributed by atoms with Crippen molar-refractivity contribution in [3.8, 4) is 0 Å². The average Bonchev–Trinajstić information content (AvgIpc) is 2.40. The van der Waals surface area contributed by atoms with E-state index in [1.807, 2.05) is 6.26 Å². The summed E-state index contributed by atoms with van der Waals surface area (Å²) in [6.45, 7) is 7.97. The standard InChI is InChI=1S/C16H30N2O/c1-16(2,3)14-8-6-12(7-9-14)15(18-17)13-5-4-10-19-11-13/h11-12,14-15,18H,4-10,17H2,1-3H3. The van der Waals surface area contributed by atoms with Gasteiger partial charge in [-0.3, -0.25) is 11.3 Å². The van der Waals surface area contributed by atoms with Gasteiger partial charge < -0.3 is 4.74 Å². The molecule has 3 nitrogen and oxygen atoms in total. The van der Waals surface area contributed by atoms with Crippen LogP contribution in [-0.4, -0.2) is 12.6 Å². The molecule has 0 bridgehead atoms. The SMILES string of the molecule is CC(C)(C)C1CCC(C(NN)C2=COCCC2)CC1. The first kappa shape index (κ1) is 14.9. The summed E-state index contributed by atoms with van der Waals surface area (Å²) in [4.78, 5) is 0. The Morgan fingerprint density at radius 3 is 2.42 bits per heavy atom. The summed E-state index contributed by atoms with van der Waals surface area (Å²) in [6, 6.07) is 0.321. The summed E-state index contributed by atoms with van der Waals surface area (Å²) >= 11 is 0. The highest BCUT2D eigenvalue weighted by atomic mass is 16.5. The minimum Gasteiger partial charge on any atom is -0.501 e. The fourth-order valence-corrected chi connectivity index (χ4v) is 3.68. The second kappa shape index (κ2) is 6.27. The van der Waals surface area contributed by atoms with Crippen LogP contribution in [0.1, 0.15) is 59.3 Å². The van der Waals surface area contributed by atoms with E-state index in [9.17, 15) is 0 Å². The van der Waals surface area contributed by atoms with E-state index in [-0.39, 0.29) is 0 Å². The molecule has 0 aromatic carbocycles. The zero-order valence-electron chi connectivity index (χ0n) is 12.7. The van der Waals surface area contributed by atoms with Crippen molar-refractivity contribution in [3.63, 3.8) is 0 Å². The quantitative estimate of drug-likeness (QED) is 0.608. The Morgan fingerprint density at radius 2 is 1.95 bits per heavy atom. The lowest BCUT2D eigenvalue weighted by atomic mass is 9.68. The molecule has 0 spiro atoms. The van der Waals surface area contributed by atoms with Crippen LogP contribution in [0.25, 0.3) is 0 Å². The second-order valence-electron chi connectivity index (χ2n) is 7.29. The first-order chi connectivity index (χ1) is 9.02. The van der Waals surface area contributed by atoms with Crippen molar-refractivity contribution in [2.75, 3.05) is 6.61 Å². The molecule has 1 heterocycles. The van der Waals surface area contributed by atoms with Gasteiger partial charge in [-0.05, 0) is 61.3 Å². The number of hydrogen-bond donors (Lipinski definition) is 2. The zero-order valence-corrected chi connectivity index (χ0v) is 12.7. The molecule has 3 heteroatoms. The molecule has 0 amide bonds. The number of ether oxygens (including phenoxy) is 1. The van der Waals surface area contributed by atoms with Crippen LogP contribution in [0.5, 0.6) is 0 Å². The molecule has 2 aliphatic rings. The Labute approximate surface area is 117 Å². The molecular weight excluding hydrogens is 236 g/mol. The highest BCUT2D eigenvalue weighted by Crippen LogP contribution is 2.41. The molecule has 3 N–H and O–H groups in total. The molecule has 1 aliphatic heterocycles. The fraction of sp³-hybridized carbons (Fsp3) is 0.875. The van der Waals surface area contributed by atoms with Crippen LogP contribution in [0.4, 0.5) is 0 Å². The lowest BCUT2D eigenvalue weighted by molar-refractivity contribution is 0.134. The topological polar surface area (TPSA) is 47.3 Å². The van der Waals surface area contributed by atoms with Gasteiger partial charge in [-0.15, -0.1) is 0 Å².